The standard InChI is InChI=1S/C15H16N4O2S2/c1-10-7-12(14-13(8-10)22-15(16)18-14)19-23(20,21)17-9-11-5-3-2-4-6-11/h2-8,17,19H,9H2,1H3,(H2,16,18). The van der Waals surface area contributed by atoms with Gasteiger partial charge in [0.1, 0.15) is 5.52 Å². The topological polar surface area (TPSA) is 97.1 Å². The van der Waals surface area contributed by atoms with Gasteiger partial charge in [0, 0.05) is 6.54 Å². The molecule has 1 aromatic heterocycles. The lowest BCUT2D eigenvalue weighted by molar-refractivity contribution is 0.587. The zero-order valence-electron chi connectivity index (χ0n) is 12.4. The van der Waals surface area contributed by atoms with Gasteiger partial charge in [0.2, 0.25) is 0 Å². The lowest BCUT2D eigenvalue weighted by atomic mass is 10.2. The molecule has 0 aliphatic heterocycles. The van der Waals surface area contributed by atoms with Gasteiger partial charge in [-0.05, 0) is 30.2 Å². The third-order valence-corrected chi connectivity index (χ3v) is 5.05. The monoisotopic (exact) mass is 348 g/mol. The number of hydrogen-bond acceptors (Lipinski definition) is 5. The SMILES string of the molecule is Cc1cc(NS(=O)(=O)NCc2ccccc2)c2nc(N)sc2c1. The number of aromatic nitrogens is 1. The Labute approximate surface area is 138 Å². The van der Waals surface area contributed by atoms with Gasteiger partial charge in [-0.25, -0.2) is 4.98 Å². The Morgan fingerprint density at radius 3 is 2.70 bits per heavy atom. The first-order valence-corrected chi connectivity index (χ1v) is 9.21. The molecule has 8 heteroatoms. The summed E-state index contributed by atoms with van der Waals surface area (Å²) < 4.78 is 30.4. The second-order valence-corrected chi connectivity index (χ2v) is 7.69. The maximum atomic E-state index is 12.3. The van der Waals surface area contributed by atoms with E-state index in [9.17, 15) is 8.42 Å². The van der Waals surface area contributed by atoms with Crippen molar-refractivity contribution in [2.45, 2.75) is 13.5 Å². The van der Waals surface area contributed by atoms with Crippen LogP contribution in [0.15, 0.2) is 42.5 Å². The van der Waals surface area contributed by atoms with E-state index >= 15 is 0 Å². The van der Waals surface area contributed by atoms with Crippen molar-refractivity contribution < 1.29 is 8.42 Å². The van der Waals surface area contributed by atoms with Crippen LogP contribution in [0.2, 0.25) is 0 Å². The molecule has 0 radical (unpaired) electrons. The molecule has 0 bridgehead atoms. The van der Waals surface area contributed by atoms with Gasteiger partial charge in [-0.3, -0.25) is 4.72 Å². The maximum Gasteiger partial charge on any atom is 0.299 e. The molecule has 0 atom stereocenters. The number of thiazole rings is 1. The Balaban J connectivity index is 1.83. The number of nitrogens with two attached hydrogens (primary N) is 1. The van der Waals surface area contributed by atoms with Crippen molar-refractivity contribution >= 4 is 42.6 Å². The molecule has 1 heterocycles. The molecule has 0 saturated heterocycles. The van der Waals surface area contributed by atoms with Crippen molar-refractivity contribution in [1.82, 2.24) is 9.71 Å². The number of nitrogens with one attached hydrogen (secondary N) is 2. The molecular formula is C15H16N4O2S2. The van der Waals surface area contributed by atoms with Crippen molar-refractivity contribution in [3.8, 4) is 0 Å². The summed E-state index contributed by atoms with van der Waals surface area (Å²) in [6, 6.07) is 13.0. The molecular weight excluding hydrogens is 332 g/mol. The molecule has 4 N–H and O–H groups in total. The third kappa shape index (κ3) is 3.79. The van der Waals surface area contributed by atoms with Gasteiger partial charge >= 0.3 is 0 Å². The highest BCUT2D eigenvalue weighted by molar-refractivity contribution is 7.90. The molecule has 0 aliphatic rings. The zero-order valence-corrected chi connectivity index (χ0v) is 14.0. The van der Waals surface area contributed by atoms with Gasteiger partial charge < -0.3 is 5.73 Å². The first kappa shape index (κ1) is 15.7. The zero-order chi connectivity index (χ0) is 16.4. The summed E-state index contributed by atoms with van der Waals surface area (Å²) in [4.78, 5) is 4.20. The van der Waals surface area contributed by atoms with Crippen molar-refractivity contribution in [1.29, 1.82) is 0 Å². The molecule has 23 heavy (non-hydrogen) atoms. The van der Waals surface area contributed by atoms with E-state index in [1.807, 2.05) is 43.3 Å². The van der Waals surface area contributed by atoms with Crippen LogP contribution in [0.1, 0.15) is 11.1 Å². The van der Waals surface area contributed by atoms with Crippen LogP contribution in [0.3, 0.4) is 0 Å². The molecule has 3 rings (SSSR count). The minimum absolute atomic E-state index is 0.213. The van der Waals surface area contributed by atoms with E-state index in [2.05, 4.69) is 14.4 Å². The molecule has 0 aliphatic carbocycles. The average Bonchev–Trinajstić information content (AvgIpc) is 2.86. The van der Waals surface area contributed by atoms with Crippen LogP contribution in [0.25, 0.3) is 10.2 Å². The third-order valence-electron chi connectivity index (χ3n) is 3.21. The van der Waals surface area contributed by atoms with E-state index in [1.54, 1.807) is 6.07 Å². The Kier molecular flexibility index (Phi) is 4.20. The fourth-order valence-corrected chi connectivity index (χ4v) is 3.95. The fourth-order valence-electron chi connectivity index (χ4n) is 2.22. The maximum absolute atomic E-state index is 12.3. The van der Waals surface area contributed by atoms with Crippen LogP contribution in [0.5, 0.6) is 0 Å². The van der Waals surface area contributed by atoms with Gasteiger partial charge in [-0.15, -0.1) is 0 Å². The Morgan fingerprint density at radius 1 is 1.22 bits per heavy atom. The number of rotatable bonds is 5. The number of aryl methyl sites for hydroxylation is 1. The first-order chi connectivity index (χ1) is 10.9. The average molecular weight is 348 g/mol. The van der Waals surface area contributed by atoms with Crippen LogP contribution in [0.4, 0.5) is 10.8 Å². The predicted octanol–water partition coefficient (Wildman–Crippen LogP) is 2.63. The normalized spacial score (nSPS) is 11.7. The molecule has 6 nitrogen and oxygen atoms in total. The largest absolute Gasteiger partial charge is 0.375 e. The number of anilines is 2. The van der Waals surface area contributed by atoms with E-state index in [0.29, 0.717) is 16.3 Å². The van der Waals surface area contributed by atoms with Crippen LogP contribution in [-0.4, -0.2) is 13.4 Å². The minimum Gasteiger partial charge on any atom is -0.375 e. The number of fused-ring (bicyclic) bond motifs is 1. The highest BCUT2D eigenvalue weighted by Gasteiger charge is 2.14. The van der Waals surface area contributed by atoms with Crippen LogP contribution in [0, 0.1) is 6.92 Å². The second-order valence-electron chi connectivity index (χ2n) is 5.12. The summed E-state index contributed by atoms with van der Waals surface area (Å²) in [6.45, 7) is 2.11. The summed E-state index contributed by atoms with van der Waals surface area (Å²) >= 11 is 1.33. The molecule has 0 amide bonds. The molecule has 0 saturated carbocycles. The lowest BCUT2D eigenvalue weighted by Gasteiger charge is -2.10. The van der Waals surface area contributed by atoms with Crippen molar-refractivity contribution in [2.75, 3.05) is 10.5 Å². The molecule has 0 spiro atoms. The van der Waals surface area contributed by atoms with Crippen LogP contribution in [-0.2, 0) is 16.8 Å². The van der Waals surface area contributed by atoms with Gasteiger partial charge in [-0.2, -0.15) is 13.1 Å². The quantitative estimate of drug-likeness (QED) is 0.660. The summed E-state index contributed by atoms with van der Waals surface area (Å²) in [5, 5.41) is 0.406. The summed E-state index contributed by atoms with van der Waals surface area (Å²) in [7, 11) is -3.71. The smallest absolute Gasteiger partial charge is 0.299 e. The molecule has 2 aromatic carbocycles. The molecule has 120 valence electrons. The number of nitrogen functional groups attached to an aromatic ring is 1. The number of benzene rings is 2. The van der Waals surface area contributed by atoms with Crippen LogP contribution < -0.4 is 15.2 Å². The fraction of sp³-hybridized carbons (Fsp3) is 0.133. The summed E-state index contributed by atoms with van der Waals surface area (Å²) in [6.07, 6.45) is 0. The van der Waals surface area contributed by atoms with Gasteiger partial charge in [-0.1, -0.05) is 41.7 Å². The number of hydrogen-bond donors (Lipinski definition) is 3. The van der Waals surface area contributed by atoms with E-state index in [4.69, 9.17) is 5.73 Å². The lowest BCUT2D eigenvalue weighted by Crippen LogP contribution is -2.29. The Morgan fingerprint density at radius 2 is 1.96 bits per heavy atom. The molecule has 0 fully saturated rings. The summed E-state index contributed by atoms with van der Waals surface area (Å²) in [5.41, 5.74) is 8.52. The van der Waals surface area contributed by atoms with Gasteiger partial charge in [0.25, 0.3) is 10.2 Å². The first-order valence-electron chi connectivity index (χ1n) is 6.91. The van der Waals surface area contributed by atoms with E-state index in [-0.39, 0.29) is 6.54 Å². The Bertz CT molecular complexity index is 937. The predicted molar refractivity (Wildman–Crippen MR) is 94.6 cm³/mol. The summed E-state index contributed by atoms with van der Waals surface area (Å²) in [5.74, 6) is 0. The minimum atomic E-state index is -3.71. The van der Waals surface area contributed by atoms with Crippen molar-refractivity contribution in [3.05, 3.63) is 53.6 Å². The van der Waals surface area contributed by atoms with Crippen molar-refractivity contribution in [2.24, 2.45) is 0 Å². The van der Waals surface area contributed by atoms with Gasteiger partial charge in [0.05, 0.1) is 10.4 Å². The highest BCUT2D eigenvalue weighted by Crippen LogP contribution is 2.31. The van der Waals surface area contributed by atoms with E-state index in [1.165, 1.54) is 11.3 Å². The highest BCUT2D eigenvalue weighted by atomic mass is 32.2. The van der Waals surface area contributed by atoms with Gasteiger partial charge in [0.15, 0.2) is 5.13 Å². The van der Waals surface area contributed by atoms with Crippen LogP contribution >= 0.6 is 11.3 Å². The molecule has 0 unspecified atom stereocenters. The molecule has 3 aromatic rings. The Hall–Kier alpha value is -2.16. The second kappa shape index (κ2) is 6.15. The van der Waals surface area contributed by atoms with E-state index in [0.717, 1.165) is 15.8 Å². The van der Waals surface area contributed by atoms with Crippen molar-refractivity contribution in [3.63, 3.8) is 0 Å². The number of nitrogens with zero attached hydrogens (tertiary/aromatic N) is 1. The van der Waals surface area contributed by atoms with E-state index < -0.39 is 10.2 Å².